The predicted molar refractivity (Wildman–Crippen MR) is 185 cm³/mol. The summed E-state index contributed by atoms with van der Waals surface area (Å²) in [5.41, 5.74) is 3.21. The molecule has 0 bridgehead atoms. The van der Waals surface area contributed by atoms with E-state index >= 15 is 0 Å². The van der Waals surface area contributed by atoms with Crippen LogP contribution in [-0.4, -0.2) is 34.7 Å². The number of para-hydroxylation sites is 2. The van der Waals surface area contributed by atoms with Crippen LogP contribution < -0.4 is 14.8 Å². The summed E-state index contributed by atoms with van der Waals surface area (Å²) in [5.74, 6) is 1.91. The first-order chi connectivity index (χ1) is 23.0. The van der Waals surface area contributed by atoms with E-state index in [0.29, 0.717) is 38.6 Å². The fraction of sp³-hybridized carbons (Fsp3) is 0.0811. The normalized spacial score (nSPS) is 14.7. The van der Waals surface area contributed by atoms with Gasteiger partial charge in [-0.1, -0.05) is 66.2 Å². The maximum atomic E-state index is 13.6. The summed E-state index contributed by atoms with van der Waals surface area (Å²) in [6, 6.07) is 35.3. The molecule has 1 fully saturated rings. The Labute approximate surface area is 276 Å². The molecule has 1 aliphatic heterocycles. The summed E-state index contributed by atoms with van der Waals surface area (Å²) >= 11 is 1.19. The predicted octanol–water partition coefficient (Wildman–Crippen LogP) is 7.90. The van der Waals surface area contributed by atoms with E-state index < -0.39 is 0 Å². The molecule has 0 saturated carbocycles. The molecule has 10 heteroatoms. The number of hydrogen-bond acceptors (Lipinski definition) is 8. The lowest BCUT2D eigenvalue weighted by atomic mass is 10.2. The van der Waals surface area contributed by atoms with Crippen LogP contribution in [-0.2, 0) is 16.1 Å². The number of ether oxygens (including phenoxy) is 2. The van der Waals surface area contributed by atoms with Gasteiger partial charge in [0.2, 0.25) is 0 Å². The third kappa shape index (κ3) is 8.44. The van der Waals surface area contributed by atoms with E-state index in [9.17, 15) is 9.59 Å². The second-order valence-electron chi connectivity index (χ2n) is 10.4. The zero-order valence-electron chi connectivity index (χ0n) is 25.4. The SMILES string of the molecule is Cc1ccc(NC(=O)COc2ccccc2/C=C2\S/C(=N/N=C\c3cccc(Oc4ccccc4)c3)N(Cc3ccco3)C2=O)cc1. The highest BCUT2D eigenvalue weighted by Gasteiger charge is 2.34. The van der Waals surface area contributed by atoms with Gasteiger partial charge in [-0.15, -0.1) is 5.10 Å². The van der Waals surface area contributed by atoms with Crippen LogP contribution in [0, 0.1) is 6.92 Å². The molecule has 6 rings (SSSR count). The van der Waals surface area contributed by atoms with Gasteiger partial charge < -0.3 is 19.2 Å². The van der Waals surface area contributed by atoms with Crippen molar-refractivity contribution in [3.8, 4) is 17.2 Å². The molecule has 1 N–H and O–H groups in total. The Kier molecular flexibility index (Phi) is 9.89. The molecular formula is C37H30N4O5S. The molecule has 0 atom stereocenters. The number of aryl methyl sites for hydroxylation is 1. The lowest BCUT2D eigenvalue weighted by Crippen LogP contribution is -2.28. The molecule has 2 amide bonds. The number of rotatable bonds is 11. The smallest absolute Gasteiger partial charge is 0.267 e. The van der Waals surface area contributed by atoms with Crippen LogP contribution in [0.15, 0.2) is 141 Å². The first kappa shape index (κ1) is 31.1. The second-order valence-corrected chi connectivity index (χ2v) is 11.4. The quantitative estimate of drug-likeness (QED) is 0.0892. The van der Waals surface area contributed by atoms with Crippen LogP contribution in [0.5, 0.6) is 17.2 Å². The molecule has 0 radical (unpaired) electrons. The van der Waals surface area contributed by atoms with Crippen LogP contribution in [0.3, 0.4) is 0 Å². The Hall–Kier alpha value is -5.87. The third-order valence-electron chi connectivity index (χ3n) is 6.87. The van der Waals surface area contributed by atoms with Gasteiger partial charge >= 0.3 is 0 Å². The van der Waals surface area contributed by atoms with Gasteiger partial charge in [-0.25, -0.2) is 0 Å². The summed E-state index contributed by atoms with van der Waals surface area (Å²) < 4.78 is 17.3. The largest absolute Gasteiger partial charge is 0.483 e. The first-order valence-corrected chi connectivity index (χ1v) is 15.6. The minimum atomic E-state index is -0.295. The Morgan fingerprint density at radius 1 is 0.915 bits per heavy atom. The highest BCUT2D eigenvalue weighted by atomic mass is 32.2. The molecule has 234 valence electrons. The number of carbonyl (C=O) groups is 2. The molecule has 9 nitrogen and oxygen atoms in total. The number of anilines is 1. The molecule has 47 heavy (non-hydrogen) atoms. The molecule has 5 aromatic rings. The molecule has 0 spiro atoms. The van der Waals surface area contributed by atoms with Crippen molar-refractivity contribution in [1.82, 2.24) is 4.90 Å². The van der Waals surface area contributed by atoms with Crippen molar-refractivity contribution in [2.75, 3.05) is 11.9 Å². The molecule has 0 aliphatic carbocycles. The number of nitrogens with one attached hydrogen (secondary N) is 1. The summed E-state index contributed by atoms with van der Waals surface area (Å²) in [5, 5.41) is 11.9. The van der Waals surface area contributed by atoms with Crippen molar-refractivity contribution in [2.45, 2.75) is 13.5 Å². The number of amidine groups is 1. The van der Waals surface area contributed by atoms with Gasteiger partial charge in [0.1, 0.15) is 23.0 Å². The minimum absolute atomic E-state index is 0.183. The highest BCUT2D eigenvalue weighted by Crippen LogP contribution is 2.35. The summed E-state index contributed by atoms with van der Waals surface area (Å²) in [7, 11) is 0. The summed E-state index contributed by atoms with van der Waals surface area (Å²) in [4.78, 5) is 28.1. The fourth-order valence-corrected chi connectivity index (χ4v) is 5.48. The van der Waals surface area contributed by atoms with Crippen molar-refractivity contribution in [1.29, 1.82) is 0 Å². The Bertz CT molecular complexity index is 1940. The van der Waals surface area contributed by atoms with Gasteiger partial charge in [-0.05, 0) is 84.9 Å². The number of thioether (sulfide) groups is 1. The van der Waals surface area contributed by atoms with Gasteiger partial charge in [0.05, 0.1) is 23.9 Å². The molecule has 2 heterocycles. The average molecular weight is 643 g/mol. The lowest BCUT2D eigenvalue weighted by molar-refractivity contribution is -0.122. The maximum Gasteiger partial charge on any atom is 0.267 e. The number of nitrogens with zero attached hydrogens (tertiary/aromatic N) is 3. The summed E-state index contributed by atoms with van der Waals surface area (Å²) in [6.45, 7) is 1.97. The zero-order chi connectivity index (χ0) is 32.4. The Morgan fingerprint density at radius 2 is 1.70 bits per heavy atom. The molecular weight excluding hydrogens is 612 g/mol. The monoisotopic (exact) mass is 642 g/mol. The second kappa shape index (κ2) is 14.9. The van der Waals surface area contributed by atoms with Crippen molar-refractivity contribution >= 4 is 46.7 Å². The van der Waals surface area contributed by atoms with E-state index in [1.54, 1.807) is 36.8 Å². The van der Waals surface area contributed by atoms with E-state index in [-0.39, 0.29) is 25.0 Å². The number of benzene rings is 4. The van der Waals surface area contributed by atoms with Crippen molar-refractivity contribution in [3.05, 3.63) is 149 Å². The maximum absolute atomic E-state index is 13.6. The Balaban J connectivity index is 1.18. The number of hydrogen-bond donors (Lipinski definition) is 1. The standard InChI is InChI=1S/C37H30N4O5S/c1-26-16-18-29(19-17-26)39-35(42)25-45-33-15-6-5-10-28(33)22-34-36(43)41(24-32-14-8-20-44-32)37(47-34)40-38-23-27-9-7-13-31(21-27)46-30-11-3-2-4-12-30/h2-23H,24-25H2,1H3,(H,39,42)/b34-22-,38-23-,40-37+. The van der Waals surface area contributed by atoms with E-state index in [1.165, 1.54) is 16.7 Å². The van der Waals surface area contributed by atoms with Gasteiger partial charge in [-0.3, -0.25) is 14.5 Å². The molecule has 1 aromatic heterocycles. The average Bonchev–Trinajstić information content (AvgIpc) is 3.70. The van der Waals surface area contributed by atoms with Crippen LogP contribution in [0.4, 0.5) is 5.69 Å². The van der Waals surface area contributed by atoms with Crippen molar-refractivity contribution in [3.63, 3.8) is 0 Å². The van der Waals surface area contributed by atoms with Gasteiger partial charge in [-0.2, -0.15) is 5.10 Å². The van der Waals surface area contributed by atoms with Crippen LogP contribution >= 0.6 is 11.8 Å². The van der Waals surface area contributed by atoms with E-state index in [0.717, 1.165) is 16.9 Å². The van der Waals surface area contributed by atoms with Gasteiger partial charge in [0, 0.05) is 11.3 Å². The van der Waals surface area contributed by atoms with Gasteiger partial charge in [0.15, 0.2) is 11.8 Å². The fourth-order valence-electron chi connectivity index (χ4n) is 4.56. The lowest BCUT2D eigenvalue weighted by Gasteiger charge is -2.12. The third-order valence-corrected chi connectivity index (χ3v) is 7.87. The van der Waals surface area contributed by atoms with Crippen LogP contribution in [0.1, 0.15) is 22.5 Å². The van der Waals surface area contributed by atoms with E-state index in [2.05, 4.69) is 15.5 Å². The zero-order valence-corrected chi connectivity index (χ0v) is 26.2. The molecule has 1 saturated heterocycles. The molecule has 0 unspecified atom stereocenters. The summed E-state index contributed by atoms with van der Waals surface area (Å²) in [6.07, 6.45) is 4.89. The number of carbonyl (C=O) groups excluding carboxylic acids is 2. The Morgan fingerprint density at radius 3 is 2.51 bits per heavy atom. The minimum Gasteiger partial charge on any atom is -0.483 e. The van der Waals surface area contributed by atoms with Crippen LogP contribution in [0.25, 0.3) is 6.08 Å². The van der Waals surface area contributed by atoms with Crippen LogP contribution in [0.2, 0.25) is 0 Å². The topological polar surface area (TPSA) is 106 Å². The number of amides is 2. The number of furan rings is 1. The molecule has 4 aromatic carbocycles. The van der Waals surface area contributed by atoms with Crippen molar-refractivity contribution in [2.24, 2.45) is 10.2 Å². The van der Waals surface area contributed by atoms with Crippen molar-refractivity contribution < 1.29 is 23.5 Å². The van der Waals surface area contributed by atoms with E-state index in [4.69, 9.17) is 13.9 Å². The highest BCUT2D eigenvalue weighted by molar-refractivity contribution is 8.18. The van der Waals surface area contributed by atoms with Gasteiger partial charge in [0.25, 0.3) is 11.8 Å². The first-order valence-electron chi connectivity index (χ1n) is 14.8. The molecule has 1 aliphatic rings. The van der Waals surface area contributed by atoms with E-state index in [1.807, 2.05) is 104 Å².